The third-order valence-corrected chi connectivity index (χ3v) is 3.19. The van der Waals surface area contributed by atoms with Crippen LogP contribution in [0, 0.1) is 0 Å². The Morgan fingerprint density at radius 2 is 1.95 bits per heavy atom. The monoisotopic (exact) mass is 276 g/mol. The third-order valence-electron chi connectivity index (χ3n) is 2.85. The first-order valence-electron chi connectivity index (χ1n) is 6.37. The van der Waals surface area contributed by atoms with Crippen molar-refractivity contribution < 1.29 is 9.84 Å². The molecule has 1 unspecified atom stereocenters. The van der Waals surface area contributed by atoms with E-state index in [-0.39, 0.29) is 0 Å². The van der Waals surface area contributed by atoms with Crippen molar-refractivity contribution >= 4 is 11.6 Å². The second-order valence-electron chi connectivity index (χ2n) is 4.35. The zero-order valence-corrected chi connectivity index (χ0v) is 11.6. The average molecular weight is 277 g/mol. The van der Waals surface area contributed by atoms with Gasteiger partial charge in [0.2, 0.25) is 0 Å². The lowest BCUT2D eigenvalue weighted by atomic mass is 10.0. The van der Waals surface area contributed by atoms with Crippen molar-refractivity contribution in [3.8, 4) is 5.75 Å². The predicted molar refractivity (Wildman–Crippen MR) is 77.7 cm³/mol. The first-order valence-corrected chi connectivity index (χ1v) is 6.75. The van der Waals surface area contributed by atoms with Crippen LogP contribution in [0.1, 0.15) is 30.6 Å². The van der Waals surface area contributed by atoms with Crippen LogP contribution in [-0.4, -0.2) is 11.7 Å². The fourth-order valence-corrected chi connectivity index (χ4v) is 2.11. The van der Waals surface area contributed by atoms with Crippen LogP contribution in [0.25, 0.3) is 0 Å². The number of rotatable bonds is 5. The average Bonchev–Trinajstić information content (AvgIpc) is 2.45. The Morgan fingerprint density at radius 1 is 1.16 bits per heavy atom. The standard InChI is InChI=1S/C16H17ClO2/c1-2-10-19-13-7-5-6-12(11-13)16(18)14-8-3-4-9-15(14)17/h3-9,11,16,18H,2,10H2,1H3. The van der Waals surface area contributed by atoms with Crippen LogP contribution in [0.15, 0.2) is 48.5 Å². The molecule has 0 aromatic heterocycles. The maximum Gasteiger partial charge on any atom is 0.119 e. The van der Waals surface area contributed by atoms with Gasteiger partial charge in [0, 0.05) is 10.6 Å². The van der Waals surface area contributed by atoms with Gasteiger partial charge in [0.1, 0.15) is 11.9 Å². The number of aliphatic hydroxyl groups is 1. The molecule has 0 spiro atoms. The maximum absolute atomic E-state index is 10.4. The van der Waals surface area contributed by atoms with E-state index in [0.29, 0.717) is 17.2 Å². The summed E-state index contributed by atoms with van der Waals surface area (Å²) in [5.41, 5.74) is 1.48. The zero-order valence-electron chi connectivity index (χ0n) is 10.8. The van der Waals surface area contributed by atoms with Gasteiger partial charge in [-0.1, -0.05) is 48.9 Å². The van der Waals surface area contributed by atoms with Crippen LogP contribution >= 0.6 is 11.6 Å². The second-order valence-corrected chi connectivity index (χ2v) is 4.75. The van der Waals surface area contributed by atoms with E-state index in [1.165, 1.54) is 0 Å². The van der Waals surface area contributed by atoms with Crippen LogP contribution in [-0.2, 0) is 0 Å². The van der Waals surface area contributed by atoms with Crippen LogP contribution < -0.4 is 4.74 Å². The van der Waals surface area contributed by atoms with Crippen LogP contribution in [0.4, 0.5) is 0 Å². The van der Waals surface area contributed by atoms with Crippen molar-refractivity contribution in [2.45, 2.75) is 19.4 Å². The first-order chi connectivity index (χ1) is 9.22. The molecule has 2 aromatic rings. The first kappa shape index (κ1) is 13.9. The maximum atomic E-state index is 10.4. The van der Waals surface area contributed by atoms with Crippen molar-refractivity contribution in [3.63, 3.8) is 0 Å². The lowest BCUT2D eigenvalue weighted by Gasteiger charge is -2.14. The van der Waals surface area contributed by atoms with Gasteiger partial charge in [0.15, 0.2) is 0 Å². The molecule has 1 atom stereocenters. The van der Waals surface area contributed by atoms with E-state index in [1.54, 1.807) is 6.07 Å². The van der Waals surface area contributed by atoms with Gasteiger partial charge < -0.3 is 9.84 Å². The highest BCUT2D eigenvalue weighted by molar-refractivity contribution is 6.31. The largest absolute Gasteiger partial charge is 0.494 e. The number of benzene rings is 2. The Kier molecular flexibility index (Phi) is 4.83. The van der Waals surface area contributed by atoms with Crippen molar-refractivity contribution in [1.29, 1.82) is 0 Å². The zero-order chi connectivity index (χ0) is 13.7. The highest BCUT2D eigenvalue weighted by atomic mass is 35.5. The van der Waals surface area contributed by atoms with Gasteiger partial charge in [0.25, 0.3) is 0 Å². The van der Waals surface area contributed by atoms with E-state index >= 15 is 0 Å². The lowest BCUT2D eigenvalue weighted by molar-refractivity contribution is 0.219. The van der Waals surface area contributed by atoms with Crippen molar-refractivity contribution in [1.82, 2.24) is 0 Å². The molecule has 0 fully saturated rings. The SMILES string of the molecule is CCCOc1cccc(C(O)c2ccccc2Cl)c1. The van der Waals surface area contributed by atoms with Crippen molar-refractivity contribution in [3.05, 3.63) is 64.7 Å². The third kappa shape index (κ3) is 3.49. The molecule has 0 heterocycles. The molecule has 0 aliphatic carbocycles. The minimum absolute atomic E-state index is 0.565. The molecule has 19 heavy (non-hydrogen) atoms. The van der Waals surface area contributed by atoms with Gasteiger partial charge >= 0.3 is 0 Å². The molecule has 0 radical (unpaired) electrons. The van der Waals surface area contributed by atoms with Crippen LogP contribution in [0.2, 0.25) is 5.02 Å². The topological polar surface area (TPSA) is 29.5 Å². The Morgan fingerprint density at radius 3 is 2.68 bits per heavy atom. The molecule has 2 nitrogen and oxygen atoms in total. The van der Waals surface area contributed by atoms with E-state index < -0.39 is 6.10 Å². The second kappa shape index (κ2) is 6.60. The molecule has 3 heteroatoms. The molecule has 0 aliphatic heterocycles. The quantitative estimate of drug-likeness (QED) is 0.886. The van der Waals surface area contributed by atoms with Gasteiger partial charge in [-0.3, -0.25) is 0 Å². The van der Waals surface area contributed by atoms with E-state index in [0.717, 1.165) is 17.7 Å². The van der Waals surface area contributed by atoms with Gasteiger partial charge in [-0.25, -0.2) is 0 Å². The highest BCUT2D eigenvalue weighted by Crippen LogP contribution is 2.29. The van der Waals surface area contributed by atoms with E-state index in [2.05, 4.69) is 6.92 Å². The van der Waals surface area contributed by atoms with E-state index in [9.17, 15) is 5.11 Å². The molecule has 2 aromatic carbocycles. The van der Waals surface area contributed by atoms with Crippen molar-refractivity contribution in [2.75, 3.05) is 6.61 Å². The fourth-order valence-electron chi connectivity index (χ4n) is 1.87. The summed E-state index contributed by atoms with van der Waals surface area (Å²) in [6.07, 6.45) is 0.218. The molecular weight excluding hydrogens is 260 g/mol. The summed E-state index contributed by atoms with van der Waals surface area (Å²) in [4.78, 5) is 0. The normalized spacial score (nSPS) is 12.2. The molecule has 0 saturated carbocycles. The molecule has 1 N–H and O–H groups in total. The van der Waals surface area contributed by atoms with Crippen LogP contribution in [0.3, 0.4) is 0 Å². The van der Waals surface area contributed by atoms with Gasteiger partial charge in [-0.15, -0.1) is 0 Å². The molecule has 2 rings (SSSR count). The summed E-state index contributed by atoms with van der Waals surface area (Å²) < 4.78 is 5.57. The summed E-state index contributed by atoms with van der Waals surface area (Å²) in [5.74, 6) is 0.769. The smallest absolute Gasteiger partial charge is 0.119 e. The molecule has 100 valence electrons. The van der Waals surface area contributed by atoms with Gasteiger partial charge in [0.05, 0.1) is 6.61 Å². The lowest BCUT2D eigenvalue weighted by Crippen LogP contribution is -2.01. The molecule has 0 aliphatic rings. The van der Waals surface area contributed by atoms with E-state index in [1.807, 2.05) is 42.5 Å². The van der Waals surface area contributed by atoms with Gasteiger partial charge in [-0.2, -0.15) is 0 Å². The summed E-state index contributed by atoms with van der Waals surface area (Å²) in [7, 11) is 0. The Labute approximate surface area is 118 Å². The summed E-state index contributed by atoms with van der Waals surface area (Å²) in [5, 5.41) is 10.9. The summed E-state index contributed by atoms with van der Waals surface area (Å²) in [6.45, 7) is 2.73. The summed E-state index contributed by atoms with van der Waals surface area (Å²) in [6, 6.07) is 14.8. The molecule has 0 bridgehead atoms. The highest BCUT2D eigenvalue weighted by Gasteiger charge is 2.13. The minimum atomic E-state index is -0.737. The predicted octanol–water partition coefficient (Wildman–Crippen LogP) is 4.21. The van der Waals surface area contributed by atoms with Crippen LogP contribution in [0.5, 0.6) is 5.75 Å². The number of aliphatic hydroxyl groups excluding tert-OH is 1. The molecule has 0 saturated heterocycles. The number of hydrogen-bond acceptors (Lipinski definition) is 2. The Balaban J connectivity index is 2.24. The molecule has 0 amide bonds. The summed E-state index contributed by atoms with van der Waals surface area (Å²) >= 11 is 6.10. The Bertz CT molecular complexity index is 540. The number of halogens is 1. The van der Waals surface area contributed by atoms with Gasteiger partial charge in [-0.05, 0) is 30.2 Å². The van der Waals surface area contributed by atoms with E-state index in [4.69, 9.17) is 16.3 Å². The number of hydrogen-bond donors (Lipinski definition) is 1. The minimum Gasteiger partial charge on any atom is -0.494 e. The fraction of sp³-hybridized carbons (Fsp3) is 0.250. The Hall–Kier alpha value is -1.51. The number of ether oxygens (including phenoxy) is 1. The molecular formula is C16H17ClO2. The van der Waals surface area contributed by atoms with Crippen molar-refractivity contribution in [2.24, 2.45) is 0 Å².